The molecule has 47 heavy (non-hydrogen) atoms. The number of hydrogen-bond donors (Lipinski definition) is 3. The third-order valence-electron chi connectivity index (χ3n) is 8.01. The first-order valence-electron chi connectivity index (χ1n) is 15.2. The van der Waals surface area contributed by atoms with Crippen LogP contribution in [0.3, 0.4) is 0 Å². The molecule has 4 N–H and O–H groups in total. The molecule has 1 fully saturated rings. The van der Waals surface area contributed by atoms with Crippen molar-refractivity contribution in [3.05, 3.63) is 80.1 Å². The molecule has 0 spiro atoms. The summed E-state index contributed by atoms with van der Waals surface area (Å²) in [5.41, 5.74) is 9.09. The molecule has 5 aromatic rings. The van der Waals surface area contributed by atoms with E-state index in [2.05, 4.69) is 15.0 Å². The highest BCUT2D eigenvalue weighted by atomic mass is 31.2. The first-order valence-corrected chi connectivity index (χ1v) is 16.3. The summed E-state index contributed by atoms with van der Waals surface area (Å²) >= 11 is 0. The van der Waals surface area contributed by atoms with Crippen molar-refractivity contribution in [2.75, 3.05) is 12.3 Å². The maximum Gasteiger partial charge on any atom is 0.330 e. The summed E-state index contributed by atoms with van der Waals surface area (Å²) in [4.78, 5) is 63.0. The van der Waals surface area contributed by atoms with Crippen molar-refractivity contribution in [1.82, 2.24) is 29.1 Å². The van der Waals surface area contributed by atoms with Gasteiger partial charge in [-0.25, -0.2) is 9.97 Å². The zero-order valence-electron chi connectivity index (χ0n) is 26.0. The Morgan fingerprint density at radius 3 is 2.83 bits per heavy atom. The molecule has 2 aliphatic heterocycles. The van der Waals surface area contributed by atoms with E-state index in [1.165, 1.54) is 6.33 Å². The van der Waals surface area contributed by atoms with Gasteiger partial charge in [-0.2, -0.15) is 4.98 Å². The predicted octanol–water partition coefficient (Wildman–Crippen LogP) is 3.83. The number of ether oxygens (including phenoxy) is 2. The molecule has 0 amide bonds. The minimum Gasteiger partial charge on any atom is -0.463 e. The molecule has 0 aliphatic carbocycles. The number of anilines is 1. The number of para-hydroxylation sites is 1. The van der Waals surface area contributed by atoms with E-state index in [9.17, 15) is 19.3 Å². The lowest BCUT2D eigenvalue weighted by Gasteiger charge is -2.21. The number of rotatable bonds is 10. The van der Waals surface area contributed by atoms with Crippen molar-refractivity contribution >= 4 is 43.1 Å². The summed E-state index contributed by atoms with van der Waals surface area (Å²) in [7, 11) is -2.38. The second kappa shape index (κ2) is 13.7. The van der Waals surface area contributed by atoms with Crippen molar-refractivity contribution in [3.63, 3.8) is 0 Å². The summed E-state index contributed by atoms with van der Waals surface area (Å²) in [6, 6.07) is 11.5. The van der Waals surface area contributed by atoms with E-state index < -0.39 is 26.5 Å². The number of carbonyl (C=O) groups excluding carboxylic acids is 1. The molecule has 1 aromatic carbocycles. The van der Waals surface area contributed by atoms with Gasteiger partial charge in [-0.15, -0.1) is 0 Å². The molecule has 2 aliphatic rings. The van der Waals surface area contributed by atoms with Gasteiger partial charge < -0.3 is 33.7 Å². The van der Waals surface area contributed by atoms with Gasteiger partial charge in [0.15, 0.2) is 11.2 Å². The van der Waals surface area contributed by atoms with Crippen LogP contribution in [0.2, 0.25) is 0 Å². The number of nitrogens with one attached hydrogen (secondary N) is 1. The van der Waals surface area contributed by atoms with Crippen LogP contribution < -0.4 is 16.9 Å². The number of fused-ring (bicyclic) bond motifs is 5. The Morgan fingerprint density at radius 2 is 2.02 bits per heavy atom. The second-order valence-corrected chi connectivity index (χ2v) is 11.7. The van der Waals surface area contributed by atoms with Crippen LogP contribution in [0.25, 0.3) is 33.5 Å². The number of H-pyrrole nitrogens is 1. The van der Waals surface area contributed by atoms with Crippen LogP contribution in [-0.4, -0.2) is 53.1 Å². The topological polar surface area (TPSA) is 199 Å². The lowest BCUT2D eigenvalue weighted by molar-refractivity contribution is -0.129. The van der Waals surface area contributed by atoms with Crippen LogP contribution in [-0.2, 0) is 36.5 Å². The van der Waals surface area contributed by atoms with Gasteiger partial charge in [-0.3, -0.25) is 23.9 Å². The molecule has 0 bridgehead atoms. The lowest BCUT2D eigenvalue weighted by atomic mass is 10.0. The monoisotopic (exact) mass is 663 g/mol. The van der Waals surface area contributed by atoms with E-state index in [-0.39, 0.29) is 48.4 Å². The number of nitrogen functional groups attached to an aromatic ring is 1. The molecule has 0 radical (unpaired) electrons. The van der Waals surface area contributed by atoms with E-state index in [0.717, 1.165) is 16.5 Å². The number of aromatic nitrogens is 6. The molecule has 246 valence electrons. The fourth-order valence-electron chi connectivity index (χ4n) is 5.90. The Hall–Kier alpha value is -4.53. The van der Waals surface area contributed by atoms with Crippen LogP contribution in [0.4, 0.5) is 5.95 Å². The minimum absolute atomic E-state index is 0.0229. The van der Waals surface area contributed by atoms with Gasteiger partial charge in [0.2, 0.25) is 5.95 Å². The average molecular weight is 664 g/mol. The number of nitrogens with two attached hydrogens (primary N) is 1. The van der Waals surface area contributed by atoms with Gasteiger partial charge in [0.1, 0.15) is 12.8 Å². The van der Waals surface area contributed by atoms with Gasteiger partial charge in [-0.05, 0) is 43.5 Å². The summed E-state index contributed by atoms with van der Waals surface area (Å²) < 4.78 is 25.8. The van der Waals surface area contributed by atoms with E-state index in [4.69, 9.17) is 29.2 Å². The molecular weight excluding hydrogens is 629 g/mol. The molecule has 6 heterocycles. The number of nitrogens with zero attached hydrogens (tertiary/aromatic N) is 5. The molecule has 16 heteroatoms. The molecule has 4 unspecified atom stereocenters. The standard InChI is InChI=1S/C29H28N7O8P.C2H6/c1-15(44-45(40)42-11-18-6-7-23(43-18)36-13-31-25-26(36)33-29(30)34-27(25)38)19-9-22-24-17(8-16-4-2-3-5-21(16)32-24)10-35(22)28(39)20(19)12-41-14-37;1-2/h2-5,8-9,13-15,18,23,40H,6-7,10-12H2,1H3,(H3,30,33,34,38);1-2H3. The molecule has 4 aromatic heterocycles. The normalized spacial score (nSPS) is 18.0. The summed E-state index contributed by atoms with van der Waals surface area (Å²) in [6.07, 6.45) is 1.07. The quantitative estimate of drug-likeness (QED) is 0.142. The van der Waals surface area contributed by atoms with E-state index in [1.807, 2.05) is 44.2 Å². The van der Waals surface area contributed by atoms with Crippen LogP contribution in [0.5, 0.6) is 0 Å². The zero-order valence-corrected chi connectivity index (χ0v) is 26.8. The number of carbonyl (C=O) groups is 1. The number of pyridine rings is 2. The number of aromatic amines is 1. The summed E-state index contributed by atoms with van der Waals surface area (Å²) in [6.45, 7) is 6.07. The molecule has 1 saturated heterocycles. The minimum atomic E-state index is -2.38. The van der Waals surface area contributed by atoms with E-state index >= 15 is 0 Å². The SMILES string of the molecule is CC.CC(OP(O)OCC1CCC(n2cnc3c(=O)[nH]c(N)nc32)O1)c1cc2n(c(=O)c1COC=O)Cc1cc3ccccc3nc1-2. The van der Waals surface area contributed by atoms with Crippen LogP contribution in [0.15, 0.2) is 52.3 Å². The van der Waals surface area contributed by atoms with E-state index in [1.54, 1.807) is 22.1 Å². The fraction of sp³-hybridized carbons (Fsp3) is 0.355. The van der Waals surface area contributed by atoms with Gasteiger partial charge >= 0.3 is 8.60 Å². The van der Waals surface area contributed by atoms with Crippen molar-refractivity contribution < 1.29 is 28.2 Å². The molecule has 15 nitrogen and oxygen atoms in total. The molecule has 7 rings (SSSR count). The Bertz CT molecular complexity index is 2060. The smallest absolute Gasteiger partial charge is 0.330 e. The number of benzene rings is 1. The van der Waals surface area contributed by atoms with Crippen molar-refractivity contribution in [1.29, 1.82) is 0 Å². The summed E-state index contributed by atoms with van der Waals surface area (Å²) in [5.74, 6) is -0.0229. The Kier molecular flexibility index (Phi) is 9.43. The largest absolute Gasteiger partial charge is 0.463 e. The third kappa shape index (κ3) is 6.27. The van der Waals surface area contributed by atoms with Gasteiger partial charge in [0, 0.05) is 10.9 Å². The number of imidazole rings is 1. The molecule has 4 atom stereocenters. The van der Waals surface area contributed by atoms with Crippen LogP contribution >= 0.6 is 8.60 Å². The Morgan fingerprint density at radius 1 is 1.21 bits per heavy atom. The highest BCUT2D eigenvalue weighted by Gasteiger charge is 2.31. The van der Waals surface area contributed by atoms with Crippen molar-refractivity contribution in [3.8, 4) is 11.4 Å². The van der Waals surface area contributed by atoms with E-state index in [0.29, 0.717) is 42.0 Å². The third-order valence-corrected chi connectivity index (χ3v) is 8.87. The second-order valence-electron chi connectivity index (χ2n) is 10.8. The van der Waals surface area contributed by atoms with Gasteiger partial charge in [0.25, 0.3) is 17.6 Å². The maximum atomic E-state index is 13.6. The molecule has 0 saturated carbocycles. The van der Waals surface area contributed by atoms with Gasteiger partial charge in [0.05, 0.1) is 54.2 Å². The highest BCUT2D eigenvalue weighted by molar-refractivity contribution is 7.40. The van der Waals surface area contributed by atoms with Crippen LogP contribution in [0, 0.1) is 0 Å². The highest BCUT2D eigenvalue weighted by Crippen LogP contribution is 2.42. The Labute approximate surface area is 269 Å². The first-order chi connectivity index (χ1) is 22.8. The lowest BCUT2D eigenvalue weighted by Crippen LogP contribution is -2.26. The van der Waals surface area contributed by atoms with Gasteiger partial charge in [-0.1, -0.05) is 32.0 Å². The zero-order chi connectivity index (χ0) is 33.2. The number of hydrogen-bond acceptors (Lipinski definition) is 12. The fourth-order valence-corrected chi connectivity index (χ4v) is 6.63. The predicted molar refractivity (Wildman–Crippen MR) is 173 cm³/mol. The first kappa shape index (κ1) is 32.4. The van der Waals surface area contributed by atoms with Crippen molar-refractivity contribution in [2.45, 2.75) is 65.2 Å². The average Bonchev–Trinajstić information content (AvgIpc) is 3.80. The maximum absolute atomic E-state index is 13.6. The van der Waals surface area contributed by atoms with Crippen LogP contribution in [0.1, 0.15) is 62.6 Å². The summed E-state index contributed by atoms with van der Waals surface area (Å²) in [5, 5.41) is 0.967. The molecular formula is C31H34N7O8P. The Balaban J connectivity index is 0.00000190. The van der Waals surface area contributed by atoms with Crippen molar-refractivity contribution in [2.24, 2.45) is 0 Å².